The Hall–Kier alpha value is -2.25. The number of nitrogens with zero attached hydrogens (tertiary/aromatic N) is 1. The van der Waals surface area contributed by atoms with Crippen LogP contribution in [0.25, 0.3) is 0 Å². The van der Waals surface area contributed by atoms with E-state index in [1.54, 1.807) is 0 Å². The van der Waals surface area contributed by atoms with Crippen molar-refractivity contribution in [1.82, 2.24) is 0 Å². The lowest BCUT2D eigenvalue weighted by molar-refractivity contribution is -0.385. The molecule has 0 saturated carbocycles. The van der Waals surface area contributed by atoms with Crippen LogP contribution in [0.1, 0.15) is 36.5 Å². The quantitative estimate of drug-likeness (QED) is 0.181. The van der Waals surface area contributed by atoms with Crippen LogP contribution in [0.4, 0.5) is 5.69 Å². The second-order valence-corrected chi connectivity index (χ2v) is 4.63. The summed E-state index contributed by atoms with van der Waals surface area (Å²) in [5, 5.41) is 29.5. The van der Waals surface area contributed by atoms with Gasteiger partial charge in [0.25, 0.3) is 0 Å². The second-order valence-electron chi connectivity index (χ2n) is 4.63. The molecule has 0 fully saturated rings. The molecule has 1 unspecified atom stereocenters. The average Bonchev–Trinajstić information content (AvgIpc) is 2.46. The number of carbonyl (C=O) groups excluding carboxylic acids is 1. The van der Waals surface area contributed by atoms with Crippen molar-refractivity contribution in [3.8, 4) is 5.75 Å². The lowest BCUT2D eigenvalue weighted by Gasteiger charge is -2.06. The van der Waals surface area contributed by atoms with E-state index in [1.165, 1.54) is 18.2 Å². The number of Topliss-reactive ketones (excluding diaryl/α,β-unsaturated/α-hetero) is 1. The van der Waals surface area contributed by atoms with Crippen molar-refractivity contribution in [2.75, 3.05) is 6.61 Å². The van der Waals surface area contributed by atoms with Crippen LogP contribution in [0.3, 0.4) is 0 Å². The van der Waals surface area contributed by atoms with Gasteiger partial charge in [-0.2, -0.15) is 0 Å². The maximum atomic E-state index is 11.9. The van der Waals surface area contributed by atoms with Crippen molar-refractivity contribution in [3.05, 3.63) is 46.0 Å². The van der Waals surface area contributed by atoms with Gasteiger partial charge in [-0.3, -0.25) is 14.9 Å². The summed E-state index contributed by atoms with van der Waals surface area (Å²) in [6, 6.07) is 3.42. The largest absolute Gasteiger partial charge is 0.502 e. The van der Waals surface area contributed by atoms with Crippen LogP contribution in [0.5, 0.6) is 5.75 Å². The minimum atomic E-state index is -1.07. The number of ketones is 1. The molecule has 0 aliphatic rings. The highest BCUT2D eigenvalue weighted by Crippen LogP contribution is 2.26. The minimum absolute atomic E-state index is 0.00848. The van der Waals surface area contributed by atoms with Crippen molar-refractivity contribution >= 4 is 11.5 Å². The molecule has 0 radical (unpaired) electrons. The molecule has 1 rings (SSSR count). The third-order valence-corrected chi connectivity index (χ3v) is 2.88. The maximum Gasteiger partial charge on any atom is 0.310 e. The van der Waals surface area contributed by atoms with E-state index in [-0.39, 0.29) is 17.8 Å². The number of nitro benzene ring substituents is 1. The van der Waals surface area contributed by atoms with Gasteiger partial charge in [0.05, 0.1) is 11.5 Å². The van der Waals surface area contributed by atoms with Crippen molar-refractivity contribution in [3.63, 3.8) is 0 Å². The van der Waals surface area contributed by atoms with E-state index in [1.807, 2.05) is 6.92 Å². The van der Waals surface area contributed by atoms with Crippen LogP contribution < -0.4 is 0 Å². The number of allylic oxidation sites excluding steroid dienone is 1. The molecule has 0 aliphatic carbocycles. The van der Waals surface area contributed by atoms with Gasteiger partial charge in [-0.05, 0) is 24.6 Å². The predicted octanol–water partition coefficient (Wildman–Crippen LogP) is 2.56. The maximum absolute atomic E-state index is 11.9. The molecule has 7 nitrogen and oxygen atoms in total. The molecule has 0 aromatic heterocycles. The molecule has 22 heavy (non-hydrogen) atoms. The van der Waals surface area contributed by atoms with E-state index < -0.39 is 22.7 Å². The fraction of sp³-hybridized carbons (Fsp3) is 0.400. The zero-order valence-electron chi connectivity index (χ0n) is 12.3. The number of phenols is 1. The highest BCUT2D eigenvalue weighted by molar-refractivity contribution is 5.97. The second kappa shape index (κ2) is 8.91. The van der Waals surface area contributed by atoms with Gasteiger partial charge in [-0.15, -0.1) is 0 Å². The molecule has 120 valence electrons. The minimum Gasteiger partial charge on any atom is -0.502 e. The Balaban J connectivity index is 2.55. The number of benzene rings is 1. The Labute approximate surface area is 128 Å². The van der Waals surface area contributed by atoms with Gasteiger partial charge in [0.2, 0.25) is 0 Å². The number of rotatable bonds is 9. The molecule has 1 aromatic carbocycles. The van der Waals surface area contributed by atoms with Crippen LogP contribution in [0.15, 0.2) is 30.4 Å². The van der Waals surface area contributed by atoms with E-state index in [4.69, 9.17) is 4.74 Å². The summed E-state index contributed by atoms with van der Waals surface area (Å²) in [7, 11) is 0. The molecule has 1 atom stereocenters. The Kier molecular flexibility index (Phi) is 7.21. The highest BCUT2D eigenvalue weighted by atomic mass is 16.6. The Morgan fingerprint density at radius 1 is 1.50 bits per heavy atom. The smallest absolute Gasteiger partial charge is 0.310 e. The molecule has 0 bridgehead atoms. The molecule has 0 aliphatic heterocycles. The van der Waals surface area contributed by atoms with E-state index in [2.05, 4.69) is 0 Å². The lowest BCUT2D eigenvalue weighted by Crippen LogP contribution is -2.09. The van der Waals surface area contributed by atoms with Crippen LogP contribution in [0.2, 0.25) is 0 Å². The first-order valence-electron chi connectivity index (χ1n) is 6.92. The number of hydrogen-bond acceptors (Lipinski definition) is 6. The molecular formula is C15H19NO6. The number of aliphatic hydroxyl groups is 1. The zero-order chi connectivity index (χ0) is 16.5. The van der Waals surface area contributed by atoms with Crippen molar-refractivity contribution in [2.45, 2.75) is 32.5 Å². The van der Waals surface area contributed by atoms with Crippen molar-refractivity contribution < 1.29 is 24.7 Å². The molecule has 0 spiro atoms. The van der Waals surface area contributed by atoms with Gasteiger partial charge in [-0.25, -0.2) is 0 Å². The van der Waals surface area contributed by atoms with Crippen LogP contribution in [-0.4, -0.2) is 33.8 Å². The number of hydrogen-bond donors (Lipinski definition) is 2. The first-order valence-corrected chi connectivity index (χ1v) is 6.92. The number of aromatic hydroxyl groups is 1. The number of carbonyl (C=O) groups is 1. The number of nitro groups is 1. The topological polar surface area (TPSA) is 110 Å². The summed E-state index contributed by atoms with van der Waals surface area (Å²) in [4.78, 5) is 21.7. The molecule has 0 heterocycles. The standard InChI is InChI=1S/C15H19NO6/c1-2-3-9-22-15(19)6-4-5-13(17)11-7-8-12(16(20)21)14(18)10-11/h4,6-8,10,15,18-19H,2-3,5,9H2,1H3. The number of unbranched alkanes of at least 4 members (excludes halogenated alkanes) is 1. The van der Waals surface area contributed by atoms with Gasteiger partial charge >= 0.3 is 5.69 Å². The van der Waals surface area contributed by atoms with Gasteiger partial charge in [0.15, 0.2) is 17.8 Å². The van der Waals surface area contributed by atoms with Gasteiger partial charge in [0.1, 0.15) is 0 Å². The van der Waals surface area contributed by atoms with Crippen LogP contribution in [-0.2, 0) is 4.74 Å². The third kappa shape index (κ3) is 5.63. The molecular weight excluding hydrogens is 290 g/mol. The summed E-state index contributed by atoms with van der Waals surface area (Å²) in [6.45, 7) is 2.44. The Morgan fingerprint density at radius 2 is 2.23 bits per heavy atom. The van der Waals surface area contributed by atoms with Gasteiger partial charge in [-0.1, -0.05) is 19.4 Å². The predicted molar refractivity (Wildman–Crippen MR) is 79.7 cm³/mol. The lowest BCUT2D eigenvalue weighted by atomic mass is 10.1. The zero-order valence-corrected chi connectivity index (χ0v) is 12.3. The van der Waals surface area contributed by atoms with E-state index in [0.717, 1.165) is 25.0 Å². The summed E-state index contributed by atoms with van der Waals surface area (Å²) in [6.07, 6.45) is 3.54. The number of aliphatic hydroxyl groups excluding tert-OH is 1. The van der Waals surface area contributed by atoms with Gasteiger partial charge in [0, 0.05) is 18.1 Å². The SMILES string of the molecule is CCCCOC(O)C=CCC(=O)c1ccc([N+](=O)[O-])c(O)c1. The van der Waals surface area contributed by atoms with E-state index in [9.17, 15) is 25.1 Å². The van der Waals surface area contributed by atoms with E-state index >= 15 is 0 Å². The Morgan fingerprint density at radius 3 is 2.82 bits per heavy atom. The van der Waals surface area contributed by atoms with Crippen LogP contribution >= 0.6 is 0 Å². The van der Waals surface area contributed by atoms with E-state index in [0.29, 0.717) is 6.61 Å². The van der Waals surface area contributed by atoms with Crippen molar-refractivity contribution in [1.29, 1.82) is 0 Å². The normalized spacial score (nSPS) is 12.5. The molecule has 1 aromatic rings. The van der Waals surface area contributed by atoms with Crippen molar-refractivity contribution in [2.24, 2.45) is 0 Å². The number of ether oxygens (including phenoxy) is 1. The fourth-order valence-corrected chi connectivity index (χ4v) is 1.66. The molecule has 7 heteroatoms. The summed E-state index contributed by atoms with van der Waals surface area (Å²) < 4.78 is 5.07. The molecule has 0 amide bonds. The average molecular weight is 309 g/mol. The number of phenolic OH excluding ortho intramolecular Hbond substituents is 1. The first kappa shape index (κ1) is 17.8. The molecule has 2 N–H and O–H groups in total. The third-order valence-electron chi connectivity index (χ3n) is 2.88. The summed E-state index contributed by atoms with van der Waals surface area (Å²) in [5.74, 6) is -0.884. The molecule has 0 saturated heterocycles. The fourth-order valence-electron chi connectivity index (χ4n) is 1.66. The summed E-state index contributed by atoms with van der Waals surface area (Å²) >= 11 is 0. The first-order chi connectivity index (χ1) is 10.5. The van der Waals surface area contributed by atoms with Crippen LogP contribution in [0, 0.1) is 10.1 Å². The Bertz CT molecular complexity index is 555. The van der Waals surface area contributed by atoms with Gasteiger partial charge < -0.3 is 14.9 Å². The highest BCUT2D eigenvalue weighted by Gasteiger charge is 2.15. The summed E-state index contributed by atoms with van der Waals surface area (Å²) in [5.41, 5.74) is -0.291. The monoisotopic (exact) mass is 309 g/mol.